The molecule has 26 heavy (non-hydrogen) atoms. The molecule has 2 aromatic rings. The summed E-state index contributed by atoms with van der Waals surface area (Å²) < 4.78 is 5.57. The van der Waals surface area contributed by atoms with Crippen LogP contribution in [0.15, 0.2) is 47.4 Å². The van der Waals surface area contributed by atoms with Gasteiger partial charge < -0.3 is 9.64 Å². The van der Waals surface area contributed by atoms with E-state index in [9.17, 15) is 0 Å². The quantitative estimate of drug-likeness (QED) is 0.570. The summed E-state index contributed by atoms with van der Waals surface area (Å²) in [6, 6.07) is 15.3. The molecule has 0 atom stereocenters. The molecule has 3 heteroatoms. The zero-order chi connectivity index (χ0) is 19.2. The van der Waals surface area contributed by atoms with Gasteiger partial charge in [-0.05, 0) is 55.0 Å². The van der Waals surface area contributed by atoms with Crippen LogP contribution in [0.4, 0.5) is 11.4 Å². The summed E-state index contributed by atoms with van der Waals surface area (Å²) in [5.74, 6) is 2.14. The first kappa shape index (κ1) is 20.7. The zero-order valence-electron chi connectivity index (χ0n) is 17.1. The van der Waals surface area contributed by atoms with E-state index in [1.54, 1.807) is 7.11 Å². The molecule has 0 saturated heterocycles. The summed E-state index contributed by atoms with van der Waals surface area (Å²) in [6.07, 6.45) is 2.40. The Hall–Kier alpha value is -1.61. The molecule has 1 heterocycles. The van der Waals surface area contributed by atoms with Crippen LogP contribution in [-0.2, 0) is 0 Å². The van der Waals surface area contributed by atoms with E-state index in [4.69, 9.17) is 4.74 Å². The molecule has 0 radical (unpaired) electrons. The van der Waals surface area contributed by atoms with Crippen LogP contribution in [0.2, 0.25) is 0 Å². The van der Waals surface area contributed by atoms with Gasteiger partial charge in [0.05, 0.1) is 12.8 Å². The number of nitrogens with zero attached hydrogens (tertiary/aromatic N) is 1. The average Bonchev–Trinajstić information content (AvgIpc) is 2.87. The fourth-order valence-electron chi connectivity index (χ4n) is 3.41. The van der Waals surface area contributed by atoms with Gasteiger partial charge in [-0.1, -0.05) is 45.9 Å². The summed E-state index contributed by atoms with van der Waals surface area (Å²) in [6.45, 7) is 11.9. The van der Waals surface area contributed by atoms with E-state index < -0.39 is 0 Å². The standard InChI is InChI=1S/C21H27NOS.C2H6/c1-5-21(6-2)14-22(17-10-8-7-9-11-17)18-12-16(3)19(23-4)13-20(18)24-15-21;1-2/h7-13H,5-6,14-15H2,1-4H3;1-2H3. The number of fused-ring (bicyclic) bond motifs is 1. The Labute approximate surface area is 163 Å². The van der Waals surface area contributed by atoms with E-state index >= 15 is 0 Å². The molecule has 0 saturated carbocycles. The van der Waals surface area contributed by atoms with Crippen LogP contribution < -0.4 is 9.64 Å². The van der Waals surface area contributed by atoms with Crippen LogP contribution >= 0.6 is 11.8 Å². The molecule has 0 spiro atoms. The summed E-state index contributed by atoms with van der Waals surface area (Å²) in [5.41, 5.74) is 4.12. The SMILES string of the molecule is CC.CCC1(CC)CSc2cc(OC)c(C)cc2N(c2ccccc2)C1. The average molecular weight is 372 g/mol. The molecule has 2 nitrogen and oxygen atoms in total. The third-order valence-corrected chi connectivity index (χ3v) is 6.76. The lowest BCUT2D eigenvalue weighted by molar-refractivity contribution is 0.319. The second-order valence-electron chi connectivity index (χ2n) is 6.71. The van der Waals surface area contributed by atoms with Crippen LogP contribution in [0.5, 0.6) is 5.75 Å². The van der Waals surface area contributed by atoms with Gasteiger partial charge in [0.1, 0.15) is 5.75 Å². The van der Waals surface area contributed by atoms with Crippen LogP contribution in [0.25, 0.3) is 0 Å². The monoisotopic (exact) mass is 371 g/mol. The number of ether oxygens (including phenoxy) is 1. The number of benzene rings is 2. The Kier molecular flexibility index (Phi) is 7.45. The highest BCUT2D eigenvalue weighted by atomic mass is 32.2. The Morgan fingerprint density at radius 1 is 1.08 bits per heavy atom. The first-order valence-electron chi connectivity index (χ1n) is 9.76. The van der Waals surface area contributed by atoms with Crippen molar-refractivity contribution in [3.8, 4) is 5.75 Å². The summed E-state index contributed by atoms with van der Waals surface area (Å²) in [7, 11) is 1.76. The maximum Gasteiger partial charge on any atom is 0.123 e. The minimum atomic E-state index is 0.334. The van der Waals surface area contributed by atoms with Gasteiger partial charge in [0, 0.05) is 22.9 Å². The van der Waals surface area contributed by atoms with Crippen LogP contribution in [-0.4, -0.2) is 19.4 Å². The van der Waals surface area contributed by atoms with Gasteiger partial charge in [-0.2, -0.15) is 0 Å². The molecule has 0 bridgehead atoms. The van der Waals surface area contributed by atoms with Gasteiger partial charge in [0.25, 0.3) is 0 Å². The van der Waals surface area contributed by atoms with Crippen molar-refractivity contribution in [3.05, 3.63) is 48.0 Å². The van der Waals surface area contributed by atoms with E-state index in [0.29, 0.717) is 5.41 Å². The summed E-state index contributed by atoms with van der Waals surface area (Å²) in [4.78, 5) is 3.83. The van der Waals surface area contributed by atoms with E-state index in [-0.39, 0.29) is 0 Å². The zero-order valence-corrected chi connectivity index (χ0v) is 18.0. The Morgan fingerprint density at radius 3 is 2.31 bits per heavy atom. The van der Waals surface area contributed by atoms with Crippen molar-refractivity contribution >= 4 is 23.1 Å². The van der Waals surface area contributed by atoms with Crippen molar-refractivity contribution in [2.24, 2.45) is 5.41 Å². The number of rotatable bonds is 4. The van der Waals surface area contributed by atoms with Gasteiger partial charge in [0.15, 0.2) is 0 Å². The van der Waals surface area contributed by atoms with Crippen molar-refractivity contribution in [1.82, 2.24) is 0 Å². The number of hydrogen-bond donors (Lipinski definition) is 0. The van der Waals surface area contributed by atoms with Gasteiger partial charge in [-0.25, -0.2) is 0 Å². The molecule has 3 rings (SSSR count). The fraction of sp³-hybridized carbons (Fsp3) is 0.478. The minimum absolute atomic E-state index is 0.334. The predicted molar refractivity (Wildman–Crippen MR) is 116 cm³/mol. The molecule has 0 N–H and O–H groups in total. The number of hydrogen-bond acceptors (Lipinski definition) is 3. The molecule has 1 aliphatic heterocycles. The second kappa shape index (κ2) is 9.36. The molecule has 1 aliphatic rings. The summed E-state index contributed by atoms with van der Waals surface area (Å²) >= 11 is 1.98. The van der Waals surface area contributed by atoms with Crippen molar-refractivity contribution < 1.29 is 4.74 Å². The second-order valence-corrected chi connectivity index (χ2v) is 7.72. The maximum atomic E-state index is 5.57. The van der Waals surface area contributed by atoms with Gasteiger partial charge in [-0.3, -0.25) is 0 Å². The maximum absolute atomic E-state index is 5.57. The Balaban J connectivity index is 0.00000117. The molecule has 0 aromatic heterocycles. The lowest BCUT2D eigenvalue weighted by atomic mass is 9.83. The van der Waals surface area contributed by atoms with Gasteiger partial charge in [0.2, 0.25) is 0 Å². The molecule has 142 valence electrons. The number of para-hydroxylation sites is 1. The van der Waals surface area contributed by atoms with E-state index in [0.717, 1.165) is 18.0 Å². The van der Waals surface area contributed by atoms with E-state index in [1.807, 2.05) is 25.6 Å². The van der Waals surface area contributed by atoms with Crippen LogP contribution in [0.1, 0.15) is 46.1 Å². The van der Waals surface area contributed by atoms with E-state index in [1.165, 1.54) is 34.7 Å². The molecule has 0 fully saturated rings. The number of aryl methyl sites for hydroxylation is 1. The molecule has 0 aliphatic carbocycles. The van der Waals surface area contributed by atoms with Crippen molar-refractivity contribution in [2.75, 3.05) is 24.3 Å². The third-order valence-electron chi connectivity index (χ3n) is 5.36. The first-order valence-corrected chi connectivity index (χ1v) is 10.7. The largest absolute Gasteiger partial charge is 0.496 e. The minimum Gasteiger partial charge on any atom is -0.496 e. The number of methoxy groups -OCH3 is 1. The first-order chi connectivity index (χ1) is 12.6. The lowest BCUT2D eigenvalue weighted by Gasteiger charge is -2.36. The molecule has 2 aromatic carbocycles. The smallest absolute Gasteiger partial charge is 0.123 e. The highest BCUT2D eigenvalue weighted by Crippen LogP contribution is 2.47. The molecule has 0 unspecified atom stereocenters. The Morgan fingerprint density at radius 2 is 1.73 bits per heavy atom. The topological polar surface area (TPSA) is 12.5 Å². The molecule has 0 amide bonds. The lowest BCUT2D eigenvalue weighted by Crippen LogP contribution is -2.35. The Bertz CT molecular complexity index is 695. The van der Waals surface area contributed by atoms with Gasteiger partial charge in [-0.15, -0.1) is 11.8 Å². The van der Waals surface area contributed by atoms with Crippen molar-refractivity contribution in [3.63, 3.8) is 0 Å². The fourth-order valence-corrected chi connectivity index (χ4v) is 4.88. The van der Waals surface area contributed by atoms with E-state index in [2.05, 4.69) is 68.1 Å². The van der Waals surface area contributed by atoms with Crippen LogP contribution in [0, 0.1) is 12.3 Å². The highest BCUT2D eigenvalue weighted by Gasteiger charge is 2.34. The van der Waals surface area contributed by atoms with Crippen molar-refractivity contribution in [2.45, 2.75) is 52.4 Å². The van der Waals surface area contributed by atoms with Crippen molar-refractivity contribution in [1.29, 1.82) is 0 Å². The molecular weight excluding hydrogens is 338 g/mol. The highest BCUT2D eigenvalue weighted by molar-refractivity contribution is 7.99. The third kappa shape index (κ3) is 4.20. The van der Waals surface area contributed by atoms with Gasteiger partial charge >= 0.3 is 0 Å². The number of thioether (sulfide) groups is 1. The normalized spacial score (nSPS) is 15.4. The number of anilines is 2. The molecular formula is C23H33NOS. The summed E-state index contributed by atoms with van der Waals surface area (Å²) in [5, 5.41) is 0. The van der Waals surface area contributed by atoms with Crippen LogP contribution in [0.3, 0.4) is 0 Å². The predicted octanol–water partition coefficient (Wildman–Crippen LogP) is 7.08.